The van der Waals surface area contributed by atoms with Gasteiger partial charge in [-0.05, 0) is 17.9 Å². The van der Waals surface area contributed by atoms with Crippen molar-refractivity contribution in [1.29, 1.82) is 0 Å². The number of hydrogen-bond donors (Lipinski definition) is 3. The van der Waals surface area contributed by atoms with Crippen LogP contribution in [-0.2, 0) is 85.8 Å². The SMILES string of the molecule is COC(=O)CCOCCOCCOCCOCCNC(=O)[C@H](C)CC(=O)[C@H](CC(=O)OC)NC(=O)[C@@H](CC(=O)[C@H](CCC(=O)OC)NC(=O)[C@@H](CC(=O)CN=[N+]=[N-])CC(=O)OC)C(C)C. The Morgan fingerprint density at radius 1 is 0.538 bits per heavy atom. The molecule has 0 rings (SSSR count). The van der Waals surface area contributed by atoms with E-state index in [4.69, 9.17) is 29.2 Å². The number of nitrogens with one attached hydrogen (secondary N) is 3. The molecule has 0 aliphatic carbocycles. The van der Waals surface area contributed by atoms with E-state index < -0.39 is 121 Å². The maximum absolute atomic E-state index is 13.8. The van der Waals surface area contributed by atoms with Gasteiger partial charge in [0.05, 0.1) is 125 Å². The minimum atomic E-state index is -1.45. The van der Waals surface area contributed by atoms with Gasteiger partial charge >= 0.3 is 23.9 Å². The summed E-state index contributed by atoms with van der Waals surface area (Å²) in [6.07, 6.45) is -3.07. The Bertz CT molecular complexity index is 1600. The largest absolute Gasteiger partial charge is 0.469 e. The second-order valence-corrected chi connectivity index (χ2v) is 14.8. The molecular formula is C41H66N6O18. The van der Waals surface area contributed by atoms with E-state index in [1.165, 1.54) is 14.0 Å². The maximum Gasteiger partial charge on any atom is 0.308 e. The third kappa shape index (κ3) is 28.1. The van der Waals surface area contributed by atoms with Gasteiger partial charge < -0.3 is 53.8 Å². The number of amides is 3. The second-order valence-electron chi connectivity index (χ2n) is 14.8. The van der Waals surface area contributed by atoms with Crippen LogP contribution in [0.5, 0.6) is 0 Å². The van der Waals surface area contributed by atoms with E-state index in [1.54, 1.807) is 13.8 Å². The van der Waals surface area contributed by atoms with Gasteiger partial charge in [-0.3, -0.25) is 47.9 Å². The Morgan fingerprint density at radius 3 is 1.57 bits per heavy atom. The van der Waals surface area contributed by atoms with Crippen LogP contribution < -0.4 is 16.0 Å². The molecule has 24 nitrogen and oxygen atoms in total. The predicted octanol–water partition coefficient (Wildman–Crippen LogP) is 0.494. The highest BCUT2D eigenvalue weighted by Gasteiger charge is 2.35. The van der Waals surface area contributed by atoms with E-state index in [9.17, 15) is 47.9 Å². The van der Waals surface area contributed by atoms with Crippen molar-refractivity contribution >= 4 is 58.9 Å². The number of esters is 4. The average Bonchev–Trinajstić information content (AvgIpc) is 3.28. The minimum Gasteiger partial charge on any atom is -0.469 e. The topological polar surface area (TPSA) is 329 Å². The molecular weight excluding hydrogens is 864 g/mol. The highest BCUT2D eigenvalue weighted by atomic mass is 16.6. The van der Waals surface area contributed by atoms with Crippen LogP contribution in [0.2, 0.25) is 0 Å². The lowest BCUT2D eigenvalue weighted by molar-refractivity contribution is -0.145. The summed E-state index contributed by atoms with van der Waals surface area (Å²) in [5.74, 6) is -11.0. The fourth-order valence-electron chi connectivity index (χ4n) is 5.70. The van der Waals surface area contributed by atoms with Crippen LogP contribution >= 0.6 is 0 Å². The molecule has 0 saturated carbocycles. The Balaban J connectivity index is 5.44. The van der Waals surface area contributed by atoms with E-state index in [-0.39, 0.29) is 64.6 Å². The van der Waals surface area contributed by atoms with Crippen molar-refractivity contribution in [3.8, 4) is 0 Å². The number of hydrogen-bond acceptors (Lipinski definition) is 19. The van der Waals surface area contributed by atoms with Gasteiger partial charge in [0.15, 0.2) is 11.6 Å². The van der Waals surface area contributed by atoms with Crippen LogP contribution in [0.25, 0.3) is 10.4 Å². The van der Waals surface area contributed by atoms with Crippen molar-refractivity contribution in [1.82, 2.24) is 16.0 Å². The van der Waals surface area contributed by atoms with Gasteiger partial charge in [0, 0.05) is 49.0 Å². The number of azide groups is 1. The molecule has 0 aromatic rings. The van der Waals surface area contributed by atoms with Crippen molar-refractivity contribution in [3.63, 3.8) is 0 Å². The number of rotatable bonds is 38. The van der Waals surface area contributed by atoms with Gasteiger partial charge in [0.25, 0.3) is 0 Å². The molecule has 0 aliphatic rings. The van der Waals surface area contributed by atoms with Gasteiger partial charge in [0.2, 0.25) is 17.7 Å². The summed E-state index contributed by atoms with van der Waals surface area (Å²) >= 11 is 0. The van der Waals surface area contributed by atoms with Gasteiger partial charge in [-0.1, -0.05) is 25.9 Å². The number of carbonyl (C=O) groups is 10. The van der Waals surface area contributed by atoms with E-state index in [0.29, 0.717) is 26.4 Å². The molecule has 0 unspecified atom stereocenters. The Hall–Kier alpha value is -5.55. The van der Waals surface area contributed by atoms with Crippen molar-refractivity contribution in [2.75, 3.05) is 94.4 Å². The molecule has 0 saturated heterocycles. The van der Waals surface area contributed by atoms with Gasteiger partial charge in [-0.2, -0.15) is 0 Å². The summed E-state index contributed by atoms with van der Waals surface area (Å²) in [4.78, 5) is 130. The van der Waals surface area contributed by atoms with Crippen LogP contribution in [0.3, 0.4) is 0 Å². The molecule has 5 atom stereocenters. The zero-order valence-corrected chi connectivity index (χ0v) is 38.4. The molecule has 0 aromatic carbocycles. The highest BCUT2D eigenvalue weighted by Crippen LogP contribution is 2.21. The first-order chi connectivity index (χ1) is 30.9. The monoisotopic (exact) mass is 930 g/mol. The fraction of sp³-hybridized carbons (Fsp3) is 0.756. The number of carbonyl (C=O) groups excluding carboxylic acids is 10. The van der Waals surface area contributed by atoms with E-state index in [0.717, 1.165) is 21.3 Å². The Morgan fingerprint density at radius 2 is 1.03 bits per heavy atom. The molecule has 24 heteroatoms. The van der Waals surface area contributed by atoms with Crippen LogP contribution in [0.4, 0.5) is 0 Å². The fourth-order valence-corrected chi connectivity index (χ4v) is 5.70. The molecule has 0 radical (unpaired) electrons. The molecule has 0 heterocycles. The molecule has 0 fully saturated rings. The van der Waals surface area contributed by atoms with Gasteiger partial charge in [-0.25, -0.2) is 0 Å². The second kappa shape index (κ2) is 35.8. The van der Waals surface area contributed by atoms with Crippen LogP contribution in [0.15, 0.2) is 5.11 Å². The van der Waals surface area contributed by atoms with Crippen molar-refractivity contribution in [3.05, 3.63) is 10.4 Å². The summed E-state index contributed by atoms with van der Waals surface area (Å²) in [7, 11) is 4.58. The third-order valence-corrected chi connectivity index (χ3v) is 9.53. The summed E-state index contributed by atoms with van der Waals surface area (Å²) in [6.45, 7) is 6.44. The number of ketones is 3. The molecule has 0 aromatic heterocycles. The highest BCUT2D eigenvalue weighted by molar-refractivity contribution is 5.98. The zero-order valence-electron chi connectivity index (χ0n) is 38.4. The molecule has 65 heavy (non-hydrogen) atoms. The maximum atomic E-state index is 13.8. The van der Waals surface area contributed by atoms with Crippen molar-refractivity contribution in [2.24, 2.45) is 28.8 Å². The van der Waals surface area contributed by atoms with Gasteiger partial charge in [-0.15, -0.1) is 0 Å². The summed E-state index contributed by atoms with van der Waals surface area (Å²) < 4.78 is 40.0. The Kier molecular flexibility index (Phi) is 32.7. The average molecular weight is 931 g/mol. The van der Waals surface area contributed by atoms with Crippen molar-refractivity contribution in [2.45, 2.75) is 84.2 Å². The number of methoxy groups -OCH3 is 4. The normalized spacial score (nSPS) is 13.1. The predicted molar refractivity (Wildman–Crippen MR) is 225 cm³/mol. The molecule has 0 spiro atoms. The molecule has 368 valence electrons. The molecule has 3 N–H and O–H groups in total. The number of nitrogens with zero attached hydrogens (tertiary/aromatic N) is 3. The quantitative estimate of drug-likeness (QED) is 0.0189. The van der Waals surface area contributed by atoms with E-state index in [2.05, 4.69) is 40.2 Å². The van der Waals surface area contributed by atoms with Crippen LogP contribution in [-0.4, -0.2) is 165 Å². The van der Waals surface area contributed by atoms with E-state index in [1.807, 2.05) is 0 Å². The molecule has 0 bridgehead atoms. The lowest BCUT2D eigenvalue weighted by Gasteiger charge is -2.26. The third-order valence-electron chi connectivity index (χ3n) is 9.53. The van der Waals surface area contributed by atoms with E-state index >= 15 is 0 Å². The minimum absolute atomic E-state index is 0.117. The van der Waals surface area contributed by atoms with Crippen LogP contribution in [0, 0.1) is 23.7 Å². The summed E-state index contributed by atoms with van der Waals surface area (Å²) in [5, 5.41) is 10.8. The lowest BCUT2D eigenvalue weighted by Crippen LogP contribution is -2.49. The molecule has 3 amide bonds. The molecule has 0 aliphatic heterocycles. The lowest BCUT2D eigenvalue weighted by atomic mass is 9.86. The first-order valence-electron chi connectivity index (χ1n) is 21.0. The Labute approximate surface area is 378 Å². The zero-order chi connectivity index (χ0) is 49.2. The summed E-state index contributed by atoms with van der Waals surface area (Å²) in [5.41, 5.74) is 8.55. The smallest absolute Gasteiger partial charge is 0.308 e. The van der Waals surface area contributed by atoms with Crippen LogP contribution in [0.1, 0.15) is 72.1 Å². The first kappa shape index (κ1) is 59.4. The standard InChI is InChI=1S/C41H66N6O18/c1-26(2)30(23-34(50)31(8-9-35(51)58-4)45-40(56)28(22-37(53)60-6)21-29(48)25-44-47-42)41(57)46-32(24-38(54)61-7)33(49)20-27(3)39(55)43-11-13-63-15-17-65-19-18-64-16-14-62-12-10-36(52)59-5/h26-28,30-32H,8-25H2,1-7H3,(H,43,55)(H,45,56)(H,46,57)/t27-,28+,30+,31+,32+/m1/s1. The van der Waals surface area contributed by atoms with Crippen molar-refractivity contribution < 1.29 is 85.8 Å². The number of Topliss-reactive ketones (excluding diaryl/α,β-unsaturated/α-hetero) is 3. The number of ether oxygens (including phenoxy) is 8. The van der Waals surface area contributed by atoms with Gasteiger partial charge in [0.1, 0.15) is 5.78 Å². The first-order valence-corrected chi connectivity index (χ1v) is 21.0. The summed E-state index contributed by atoms with van der Waals surface area (Å²) in [6, 6.07) is -2.86.